The van der Waals surface area contributed by atoms with E-state index in [9.17, 15) is 4.79 Å². The predicted molar refractivity (Wildman–Crippen MR) is 126 cm³/mol. The van der Waals surface area contributed by atoms with Crippen LogP contribution in [0.3, 0.4) is 0 Å². The van der Waals surface area contributed by atoms with Gasteiger partial charge in [-0.2, -0.15) is 0 Å². The Morgan fingerprint density at radius 3 is 2.74 bits per heavy atom. The van der Waals surface area contributed by atoms with Gasteiger partial charge in [0.1, 0.15) is 0 Å². The summed E-state index contributed by atoms with van der Waals surface area (Å²) in [7, 11) is 0. The van der Waals surface area contributed by atoms with Crippen LogP contribution in [0, 0.1) is 5.41 Å². The molecule has 1 saturated carbocycles. The van der Waals surface area contributed by atoms with E-state index in [1.165, 1.54) is 17.5 Å². The summed E-state index contributed by atoms with van der Waals surface area (Å²) in [5.74, 6) is 0.188. The number of benzene rings is 2. The van der Waals surface area contributed by atoms with Gasteiger partial charge in [0.15, 0.2) is 0 Å². The van der Waals surface area contributed by atoms with E-state index >= 15 is 0 Å². The Morgan fingerprint density at radius 1 is 1.03 bits per heavy atom. The number of anilines is 1. The Morgan fingerprint density at radius 2 is 1.84 bits per heavy atom. The van der Waals surface area contributed by atoms with E-state index in [-0.39, 0.29) is 11.3 Å². The van der Waals surface area contributed by atoms with Gasteiger partial charge in [0.25, 0.3) is 0 Å². The second-order valence-electron chi connectivity index (χ2n) is 9.16. The summed E-state index contributed by atoms with van der Waals surface area (Å²) in [4.78, 5) is 18.1. The van der Waals surface area contributed by atoms with Crippen LogP contribution >= 0.6 is 0 Å². The van der Waals surface area contributed by atoms with Crippen molar-refractivity contribution in [2.45, 2.75) is 57.4 Å². The van der Waals surface area contributed by atoms with Crippen molar-refractivity contribution in [3.05, 3.63) is 71.9 Å². The van der Waals surface area contributed by atoms with Crippen LogP contribution in [0.2, 0.25) is 0 Å². The molecule has 2 heterocycles. The van der Waals surface area contributed by atoms with Crippen LogP contribution in [-0.2, 0) is 11.2 Å². The first-order valence-corrected chi connectivity index (χ1v) is 11.7. The molecule has 0 saturated heterocycles. The Balaban J connectivity index is 1.37. The lowest BCUT2D eigenvalue weighted by Crippen LogP contribution is -2.39. The molecule has 1 fully saturated rings. The number of carbonyl (C=O) groups is 1. The van der Waals surface area contributed by atoms with Crippen molar-refractivity contribution in [2.75, 3.05) is 11.9 Å². The largest absolute Gasteiger partial charge is 0.325 e. The standard InChI is InChI=1S/C27H31N3O/c31-26(30-25-14-19-29-23-11-5-4-10-22(23)25)27(15-6-1-7-16-27)17-12-24-21-9-3-2-8-20(21)13-18-28-24/h2-5,8-11,14,19,24,28H,1,6-7,12-13,15-18H2,(H,29,30,31). The fourth-order valence-corrected chi connectivity index (χ4v) is 5.55. The maximum atomic E-state index is 13.7. The topological polar surface area (TPSA) is 54.0 Å². The molecule has 31 heavy (non-hydrogen) atoms. The third kappa shape index (κ3) is 4.09. The molecule has 1 amide bonds. The zero-order valence-electron chi connectivity index (χ0n) is 18.1. The number of rotatable bonds is 5. The number of pyridine rings is 1. The maximum Gasteiger partial charge on any atom is 0.230 e. The van der Waals surface area contributed by atoms with Gasteiger partial charge in [0.05, 0.1) is 11.2 Å². The normalized spacial score (nSPS) is 20.2. The molecule has 0 spiro atoms. The zero-order chi connectivity index (χ0) is 21.1. The van der Waals surface area contributed by atoms with E-state index in [0.717, 1.165) is 68.1 Å². The first kappa shape index (κ1) is 20.2. The number of amides is 1. The molecule has 1 atom stereocenters. The van der Waals surface area contributed by atoms with Crippen LogP contribution in [-0.4, -0.2) is 17.4 Å². The molecule has 2 aromatic carbocycles. The molecule has 1 aromatic heterocycles. The van der Waals surface area contributed by atoms with E-state index in [4.69, 9.17) is 0 Å². The predicted octanol–water partition coefficient (Wildman–Crippen LogP) is 5.79. The van der Waals surface area contributed by atoms with Gasteiger partial charge in [-0.25, -0.2) is 0 Å². The lowest BCUT2D eigenvalue weighted by atomic mass is 9.69. The van der Waals surface area contributed by atoms with E-state index in [0.29, 0.717) is 6.04 Å². The average Bonchev–Trinajstić information content (AvgIpc) is 2.83. The molecule has 1 aliphatic carbocycles. The number of hydrogen-bond donors (Lipinski definition) is 2. The van der Waals surface area contributed by atoms with Crippen molar-refractivity contribution >= 4 is 22.5 Å². The van der Waals surface area contributed by atoms with Gasteiger partial charge in [0, 0.05) is 23.0 Å². The number of hydrogen-bond acceptors (Lipinski definition) is 3. The van der Waals surface area contributed by atoms with Crippen LogP contribution in [0.25, 0.3) is 10.9 Å². The molecule has 2 N–H and O–H groups in total. The highest BCUT2D eigenvalue weighted by Gasteiger charge is 2.40. The minimum Gasteiger partial charge on any atom is -0.325 e. The Labute approximate surface area is 184 Å². The number of nitrogens with one attached hydrogen (secondary N) is 2. The summed E-state index contributed by atoms with van der Waals surface area (Å²) in [6, 6.07) is 19.1. The van der Waals surface area contributed by atoms with Gasteiger partial charge >= 0.3 is 0 Å². The van der Waals surface area contributed by atoms with Gasteiger partial charge in [-0.1, -0.05) is 61.7 Å². The van der Waals surface area contributed by atoms with Crippen LogP contribution in [0.1, 0.15) is 62.1 Å². The van der Waals surface area contributed by atoms with Crippen LogP contribution in [0.4, 0.5) is 5.69 Å². The highest BCUT2D eigenvalue weighted by Crippen LogP contribution is 2.43. The smallest absolute Gasteiger partial charge is 0.230 e. The van der Waals surface area contributed by atoms with Crippen molar-refractivity contribution in [1.82, 2.24) is 10.3 Å². The average molecular weight is 414 g/mol. The Hall–Kier alpha value is -2.72. The van der Waals surface area contributed by atoms with Crippen LogP contribution < -0.4 is 10.6 Å². The van der Waals surface area contributed by atoms with E-state index < -0.39 is 0 Å². The summed E-state index contributed by atoms with van der Waals surface area (Å²) >= 11 is 0. The van der Waals surface area contributed by atoms with Crippen LogP contribution in [0.5, 0.6) is 0 Å². The van der Waals surface area contributed by atoms with E-state index in [1.807, 2.05) is 30.3 Å². The van der Waals surface area contributed by atoms with Gasteiger partial charge in [0.2, 0.25) is 5.91 Å². The molecule has 4 nitrogen and oxygen atoms in total. The first-order valence-electron chi connectivity index (χ1n) is 11.7. The molecule has 1 unspecified atom stereocenters. The molecule has 3 aromatic rings. The second kappa shape index (κ2) is 8.80. The third-order valence-electron chi connectivity index (χ3n) is 7.32. The SMILES string of the molecule is O=C(Nc1ccnc2ccccc12)C1(CCC2NCCc3ccccc32)CCCCC1. The van der Waals surface area contributed by atoms with Crippen molar-refractivity contribution < 1.29 is 4.79 Å². The monoisotopic (exact) mass is 413 g/mol. The molecule has 160 valence electrons. The van der Waals surface area contributed by atoms with Gasteiger partial charge in [-0.05, 0) is 61.9 Å². The summed E-state index contributed by atoms with van der Waals surface area (Å²) < 4.78 is 0. The molecular weight excluding hydrogens is 382 g/mol. The van der Waals surface area contributed by atoms with Gasteiger partial charge in [-0.15, -0.1) is 0 Å². The Bertz CT molecular complexity index is 1070. The molecule has 1 aliphatic heterocycles. The van der Waals surface area contributed by atoms with Gasteiger partial charge < -0.3 is 10.6 Å². The molecule has 4 heteroatoms. The van der Waals surface area contributed by atoms with Crippen molar-refractivity contribution in [3.63, 3.8) is 0 Å². The molecule has 5 rings (SSSR count). The number of fused-ring (bicyclic) bond motifs is 2. The van der Waals surface area contributed by atoms with E-state index in [1.54, 1.807) is 6.20 Å². The maximum absolute atomic E-state index is 13.7. The number of para-hydroxylation sites is 1. The lowest BCUT2D eigenvalue weighted by Gasteiger charge is -2.38. The third-order valence-corrected chi connectivity index (χ3v) is 7.32. The van der Waals surface area contributed by atoms with Crippen molar-refractivity contribution in [1.29, 1.82) is 0 Å². The zero-order valence-corrected chi connectivity index (χ0v) is 18.1. The highest BCUT2D eigenvalue weighted by atomic mass is 16.2. The van der Waals surface area contributed by atoms with Crippen molar-refractivity contribution in [3.8, 4) is 0 Å². The number of carbonyl (C=O) groups excluding carboxylic acids is 1. The highest BCUT2D eigenvalue weighted by molar-refractivity contribution is 6.02. The molecular formula is C27H31N3O. The van der Waals surface area contributed by atoms with Crippen LogP contribution in [0.15, 0.2) is 60.8 Å². The fourth-order valence-electron chi connectivity index (χ4n) is 5.55. The summed E-state index contributed by atoms with van der Waals surface area (Å²) in [5, 5.41) is 8.01. The molecule has 0 bridgehead atoms. The number of aromatic nitrogens is 1. The Kier molecular flexibility index (Phi) is 5.73. The lowest BCUT2D eigenvalue weighted by molar-refractivity contribution is -0.128. The molecule has 0 radical (unpaired) electrons. The summed E-state index contributed by atoms with van der Waals surface area (Å²) in [5.41, 5.74) is 4.39. The first-order chi connectivity index (χ1) is 15.3. The summed E-state index contributed by atoms with van der Waals surface area (Å²) in [6.07, 6.45) is 10.3. The minimum absolute atomic E-state index is 0.188. The second-order valence-corrected chi connectivity index (χ2v) is 9.16. The summed E-state index contributed by atoms with van der Waals surface area (Å²) in [6.45, 7) is 1.02. The van der Waals surface area contributed by atoms with E-state index in [2.05, 4.69) is 39.9 Å². The van der Waals surface area contributed by atoms with Crippen molar-refractivity contribution in [2.24, 2.45) is 5.41 Å². The van der Waals surface area contributed by atoms with Gasteiger partial charge in [-0.3, -0.25) is 9.78 Å². The quantitative estimate of drug-likeness (QED) is 0.556. The minimum atomic E-state index is -0.281. The molecule has 2 aliphatic rings. The fraction of sp³-hybridized carbons (Fsp3) is 0.407. The number of nitrogens with zero attached hydrogens (tertiary/aromatic N) is 1.